The Kier molecular flexibility index (Phi) is 7.29. The van der Waals surface area contributed by atoms with Crippen molar-refractivity contribution in [1.29, 1.82) is 0 Å². The van der Waals surface area contributed by atoms with Gasteiger partial charge in [0.1, 0.15) is 0 Å². The van der Waals surface area contributed by atoms with Crippen LogP contribution < -0.4 is 5.32 Å². The third kappa shape index (κ3) is 6.51. The van der Waals surface area contributed by atoms with E-state index in [2.05, 4.69) is 55.9 Å². The van der Waals surface area contributed by atoms with Crippen LogP contribution in [0.5, 0.6) is 0 Å². The quantitative estimate of drug-likeness (QED) is 0.742. The summed E-state index contributed by atoms with van der Waals surface area (Å²) in [5.41, 5.74) is 0.124. The SMILES string of the molecule is CCC(C)CC(=O)NC(CCBr)C(C)(C)C. The minimum atomic E-state index is 0.124. The summed E-state index contributed by atoms with van der Waals surface area (Å²) >= 11 is 3.45. The molecule has 2 unspecified atom stereocenters. The fourth-order valence-electron chi connectivity index (χ4n) is 1.54. The second kappa shape index (κ2) is 7.31. The van der Waals surface area contributed by atoms with E-state index in [0.29, 0.717) is 12.3 Å². The molecule has 1 N–H and O–H groups in total. The van der Waals surface area contributed by atoms with E-state index in [-0.39, 0.29) is 17.4 Å². The Balaban J connectivity index is 4.24. The Labute approximate surface area is 109 Å². The van der Waals surface area contributed by atoms with Gasteiger partial charge < -0.3 is 5.32 Å². The van der Waals surface area contributed by atoms with E-state index in [1.54, 1.807) is 0 Å². The highest BCUT2D eigenvalue weighted by molar-refractivity contribution is 9.09. The molecule has 3 heteroatoms. The summed E-state index contributed by atoms with van der Waals surface area (Å²) in [5, 5.41) is 4.08. The number of hydrogen-bond acceptors (Lipinski definition) is 1. The summed E-state index contributed by atoms with van der Waals surface area (Å²) in [6.07, 6.45) is 2.69. The maximum absolute atomic E-state index is 11.8. The van der Waals surface area contributed by atoms with Crippen LogP contribution in [0.1, 0.15) is 53.9 Å². The van der Waals surface area contributed by atoms with Gasteiger partial charge in [-0.3, -0.25) is 4.79 Å². The number of rotatable bonds is 6. The van der Waals surface area contributed by atoms with Crippen molar-refractivity contribution < 1.29 is 4.79 Å². The molecule has 0 aliphatic carbocycles. The normalized spacial score (nSPS) is 15.6. The molecule has 1 amide bonds. The van der Waals surface area contributed by atoms with Gasteiger partial charge in [-0.1, -0.05) is 57.0 Å². The number of amides is 1. The van der Waals surface area contributed by atoms with E-state index >= 15 is 0 Å². The first-order valence-electron chi connectivity index (χ1n) is 6.16. The molecule has 0 aromatic carbocycles. The molecule has 0 fully saturated rings. The van der Waals surface area contributed by atoms with Crippen LogP contribution in [0.3, 0.4) is 0 Å². The monoisotopic (exact) mass is 291 g/mol. The first kappa shape index (κ1) is 16.0. The third-order valence-corrected chi connectivity index (χ3v) is 3.47. The number of carbonyl (C=O) groups excluding carboxylic acids is 1. The Hall–Kier alpha value is -0.0500. The van der Waals surface area contributed by atoms with Crippen LogP contribution in [0.4, 0.5) is 0 Å². The van der Waals surface area contributed by atoms with Crippen LogP contribution in [0, 0.1) is 11.3 Å². The lowest BCUT2D eigenvalue weighted by molar-refractivity contribution is -0.123. The zero-order chi connectivity index (χ0) is 12.8. The second-order valence-electron chi connectivity index (χ2n) is 5.68. The van der Waals surface area contributed by atoms with Crippen molar-refractivity contribution in [3.8, 4) is 0 Å². The van der Waals surface area contributed by atoms with Crippen LogP contribution in [-0.4, -0.2) is 17.3 Å². The lowest BCUT2D eigenvalue weighted by atomic mass is 9.85. The maximum Gasteiger partial charge on any atom is 0.220 e. The molecule has 0 saturated carbocycles. The van der Waals surface area contributed by atoms with Gasteiger partial charge in [-0.15, -0.1) is 0 Å². The highest BCUT2D eigenvalue weighted by atomic mass is 79.9. The molecule has 0 aromatic rings. The molecule has 0 bridgehead atoms. The van der Waals surface area contributed by atoms with Crippen molar-refractivity contribution in [3.63, 3.8) is 0 Å². The molecule has 16 heavy (non-hydrogen) atoms. The number of nitrogens with one attached hydrogen (secondary N) is 1. The first-order valence-corrected chi connectivity index (χ1v) is 7.28. The molecular formula is C13H26BrNO. The molecule has 0 spiro atoms. The minimum absolute atomic E-state index is 0.124. The molecule has 0 saturated heterocycles. The average molecular weight is 292 g/mol. The summed E-state index contributed by atoms with van der Waals surface area (Å²) in [6, 6.07) is 0.253. The molecule has 96 valence electrons. The molecular weight excluding hydrogens is 266 g/mol. The molecule has 2 atom stereocenters. The lowest BCUT2D eigenvalue weighted by Gasteiger charge is -2.31. The Morgan fingerprint density at radius 3 is 2.31 bits per heavy atom. The van der Waals surface area contributed by atoms with Gasteiger partial charge in [0, 0.05) is 17.8 Å². The first-order chi connectivity index (χ1) is 7.31. The highest BCUT2D eigenvalue weighted by Crippen LogP contribution is 2.22. The van der Waals surface area contributed by atoms with Crippen molar-refractivity contribution in [2.24, 2.45) is 11.3 Å². The van der Waals surface area contributed by atoms with E-state index in [1.165, 1.54) is 0 Å². The van der Waals surface area contributed by atoms with Gasteiger partial charge in [0.25, 0.3) is 0 Å². The second-order valence-corrected chi connectivity index (χ2v) is 6.47. The molecule has 0 aromatic heterocycles. The van der Waals surface area contributed by atoms with Gasteiger partial charge in [-0.05, 0) is 17.8 Å². The van der Waals surface area contributed by atoms with Crippen molar-refractivity contribution in [2.45, 2.75) is 59.9 Å². The number of hydrogen-bond donors (Lipinski definition) is 1. The topological polar surface area (TPSA) is 29.1 Å². The van der Waals surface area contributed by atoms with E-state index in [4.69, 9.17) is 0 Å². The molecule has 2 nitrogen and oxygen atoms in total. The van der Waals surface area contributed by atoms with E-state index in [1.807, 2.05) is 0 Å². The van der Waals surface area contributed by atoms with Crippen molar-refractivity contribution >= 4 is 21.8 Å². The summed E-state index contributed by atoms with van der Waals surface area (Å²) in [5.74, 6) is 0.666. The highest BCUT2D eigenvalue weighted by Gasteiger charge is 2.25. The van der Waals surface area contributed by atoms with E-state index in [9.17, 15) is 4.79 Å². The minimum Gasteiger partial charge on any atom is -0.353 e. The smallest absolute Gasteiger partial charge is 0.220 e. The molecule has 0 rings (SSSR count). The Morgan fingerprint density at radius 1 is 1.38 bits per heavy atom. The third-order valence-electron chi connectivity index (χ3n) is 3.01. The van der Waals surface area contributed by atoms with Crippen molar-refractivity contribution in [2.75, 3.05) is 5.33 Å². The van der Waals surface area contributed by atoms with Crippen LogP contribution >= 0.6 is 15.9 Å². The van der Waals surface area contributed by atoms with E-state index in [0.717, 1.165) is 18.2 Å². The standard InChI is InChI=1S/C13H26BrNO/c1-6-10(2)9-12(16)15-11(7-8-14)13(3,4)5/h10-11H,6-9H2,1-5H3,(H,15,16). The van der Waals surface area contributed by atoms with Crippen LogP contribution in [0.15, 0.2) is 0 Å². The van der Waals surface area contributed by atoms with Gasteiger partial charge in [0.05, 0.1) is 0 Å². The summed E-state index contributed by atoms with van der Waals surface area (Å²) < 4.78 is 0. The molecule has 0 heterocycles. The number of halogens is 1. The maximum atomic E-state index is 11.8. The van der Waals surface area contributed by atoms with Crippen LogP contribution in [0.2, 0.25) is 0 Å². The summed E-state index contributed by atoms with van der Waals surface area (Å²) in [7, 11) is 0. The molecule has 0 radical (unpaired) electrons. The summed E-state index contributed by atoms with van der Waals surface area (Å²) in [6.45, 7) is 10.8. The number of alkyl halides is 1. The van der Waals surface area contributed by atoms with E-state index < -0.39 is 0 Å². The zero-order valence-electron chi connectivity index (χ0n) is 11.3. The van der Waals surface area contributed by atoms with Crippen LogP contribution in [-0.2, 0) is 4.79 Å². The van der Waals surface area contributed by atoms with Gasteiger partial charge in [0.15, 0.2) is 0 Å². The zero-order valence-corrected chi connectivity index (χ0v) is 12.9. The van der Waals surface area contributed by atoms with Gasteiger partial charge >= 0.3 is 0 Å². The predicted octanol–water partition coefficient (Wildman–Crippen LogP) is 3.74. The fourth-order valence-corrected chi connectivity index (χ4v) is 2.00. The molecule has 0 aliphatic rings. The van der Waals surface area contributed by atoms with Gasteiger partial charge in [0.2, 0.25) is 5.91 Å². The largest absolute Gasteiger partial charge is 0.353 e. The van der Waals surface area contributed by atoms with Gasteiger partial charge in [-0.2, -0.15) is 0 Å². The molecule has 0 aliphatic heterocycles. The number of carbonyl (C=O) groups is 1. The van der Waals surface area contributed by atoms with Gasteiger partial charge in [-0.25, -0.2) is 0 Å². The van der Waals surface area contributed by atoms with Crippen LogP contribution in [0.25, 0.3) is 0 Å². The lowest BCUT2D eigenvalue weighted by Crippen LogP contribution is -2.44. The Bertz CT molecular complexity index is 210. The van der Waals surface area contributed by atoms with Crippen molar-refractivity contribution in [1.82, 2.24) is 5.32 Å². The fraction of sp³-hybridized carbons (Fsp3) is 0.923. The van der Waals surface area contributed by atoms with Crippen molar-refractivity contribution in [3.05, 3.63) is 0 Å². The average Bonchev–Trinajstić information content (AvgIpc) is 2.15. The summed E-state index contributed by atoms with van der Waals surface area (Å²) in [4.78, 5) is 11.8. The Morgan fingerprint density at radius 2 is 1.94 bits per heavy atom. The predicted molar refractivity (Wildman–Crippen MR) is 73.9 cm³/mol.